The molecule has 30 heavy (non-hydrogen) atoms. The molecule has 0 bridgehead atoms. The molecule has 3 rings (SSSR count). The maximum Gasteiger partial charge on any atom is 0.294 e. The lowest BCUT2D eigenvalue weighted by Crippen LogP contribution is -2.42. The lowest BCUT2D eigenvalue weighted by molar-refractivity contribution is -0.135. The van der Waals surface area contributed by atoms with Gasteiger partial charge in [-0.2, -0.15) is 0 Å². The molecule has 2 heterocycles. The first-order valence-electron chi connectivity index (χ1n) is 10.8. The summed E-state index contributed by atoms with van der Waals surface area (Å²) in [6.45, 7) is 9.36. The normalized spacial score (nSPS) is 18.0. The quantitative estimate of drug-likeness (QED) is 0.577. The number of hydrogen-bond acceptors (Lipinski definition) is 5. The number of benzene rings is 1. The van der Waals surface area contributed by atoms with E-state index in [2.05, 4.69) is 24.0 Å². The Kier molecular flexibility index (Phi) is 7.58. The van der Waals surface area contributed by atoms with Gasteiger partial charge in [-0.25, -0.2) is 0 Å². The van der Waals surface area contributed by atoms with Crippen LogP contribution in [0.15, 0.2) is 23.1 Å². The molecular weight excluding hydrogens is 398 g/mol. The summed E-state index contributed by atoms with van der Waals surface area (Å²) in [5.41, 5.74) is 3.29. The molecule has 2 aliphatic rings. The zero-order valence-electron chi connectivity index (χ0n) is 18.1. The zero-order chi connectivity index (χ0) is 21.7. The van der Waals surface area contributed by atoms with Gasteiger partial charge < -0.3 is 9.80 Å². The number of hydrogen-bond donors (Lipinski definition) is 0. The SMILES string of the molecule is CCCN(CCC)C(=O)CN1C(=O)S/C(=C\c2ccc(N3CCCC3)c(C)c2)C1=O. The molecule has 1 aromatic carbocycles. The van der Waals surface area contributed by atoms with E-state index < -0.39 is 0 Å². The van der Waals surface area contributed by atoms with Crippen molar-refractivity contribution in [2.24, 2.45) is 0 Å². The highest BCUT2D eigenvalue weighted by Gasteiger charge is 2.37. The topological polar surface area (TPSA) is 60.9 Å². The number of carbonyl (C=O) groups excluding carboxylic acids is 3. The molecule has 0 saturated carbocycles. The Hall–Kier alpha value is -2.28. The maximum atomic E-state index is 12.8. The van der Waals surface area contributed by atoms with E-state index in [1.807, 2.05) is 19.9 Å². The number of amides is 3. The van der Waals surface area contributed by atoms with E-state index in [0.29, 0.717) is 18.0 Å². The van der Waals surface area contributed by atoms with Gasteiger partial charge in [-0.1, -0.05) is 19.9 Å². The summed E-state index contributed by atoms with van der Waals surface area (Å²) in [6, 6.07) is 6.13. The monoisotopic (exact) mass is 429 g/mol. The largest absolute Gasteiger partial charge is 0.371 e. The average Bonchev–Trinajstić information content (AvgIpc) is 3.33. The third-order valence-corrected chi connectivity index (χ3v) is 6.38. The van der Waals surface area contributed by atoms with Gasteiger partial charge in [0, 0.05) is 31.9 Å². The van der Waals surface area contributed by atoms with Crippen molar-refractivity contribution < 1.29 is 14.4 Å². The molecule has 0 unspecified atom stereocenters. The van der Waals surface area contributed by atoms with Gasteiger partial charge in [-0.15, -0.1) is 0 Å². The first kappa shape index (κ1) is 22.4. The van der Waals surface area contributed by atoms with E-state index in [4.69, 9.17) is 0 Å². The molecule has 2 fully saturated rings. The van der Waals surface area contributed by atoms with Crippen LogP contribution in [-0.4, -0.2) is 59.6 Å². The number of anilines is 1. The highest BCUT2D eigenvalue weighted by Crippen LogP contribution is 2.33. The predicted octanol–water partition coefficient (Wildman–Crippen LogP) is 4.28. The third-order valence-electron chi connectivity index (χ3n) is 5.47. The summed E-state index contributed by atoms with van der Waals surface area (Å²) in [5, 5.41) is -0.377. The molecule has 0 aromatic heterocycles. The Balaban J connectivity index is 1.71. The summed E-state index contributed by atoms with van der Waals surface area (Å²) in [7, 11) is 0. The average molecular weight is 430 g/mol. The molecule has 162 valence electrons. The second-order valence-electron chi connectivity index (χ2n) is 7.89. The Labute approximate surface area is 183 Å². The highest BCUT2D eigenvalue weighted by molar-refractivity contribution is 8.18. The van der Waals surface area contributed by atoms with Crippen molar-refractivity contribution in [1.29, 1.82) is 0 Å². The number of thioether (sulfide) groups is 1. The predicted molar refractivity (Wildman–Crippen MR) is 122 cm³/mol. The van der Waals surface area contributed by atoms with Gasteiger partial charge in [-0.3, -0.25) is 19.3 Å². The van der Waals surface area contributed by atoms with Crippen molar-refractivity contribution in [2.45, 2.75) is 46.5 Å². The van der Waals surface area contributed by atoms with Gasteiger partial charge in [0.1, 0.15) is 6.54 Å². The number of aryl methyl sites for hydroxylation is 1. The minimum atomic E-state index is -0.382. The number of rotatable bonds is 8. The van der Waals surface area contributed by atoms with Gasteiger partial charge in [0.15, 0.2) is 0 Å². The summed E-state index contributed by atoms with van der Waals surface area (Å²) in [6.07, 6.45) is 5.90. The summed E-state index contributed by atoms with van der Waals surface area (Å²) < 4.78 is 0. The van der Waals surface area contributed by atoms with Crippen LogP contribution < -0.4 is 4.90 Å². The smallest absolute Gasteiger partial charge is 0.294 e. The molecule has 0 radical (unpaired) electrons. The third kappa shape index (κ3) is 5.06. The summed E-state index contributed by atoms with van der Waals surface area (Å²) in [5.74, 6) is -0.555. The molecule has 2 aliphatic heterocycles. The molecule has 7 heteroatoms. The molecule has 6 nitrogen and oxygen atoms in total. The molecule has 0 spiro atoms. The van der Waals surface area contributed by atoms with E-state index in [-0.39, 0.29) is 23.6 Å². The van der Waals surface area contributed by atoms with Crippen molar-refractivity contribution in [3.63, 3.8) is 0 Å². The van der Waals surface area contributed by atoms with Gasteiger partial charge in [-0.05, 0) is 73.7 Å². The lowest BCUT2D eigenvalue weighted by Gasteiger charge is -2.23. The van der Waals surface area contributed by atoms with E-state index in [9.17, 15) is 14.4 Å². The van der Waals surface area contributed by atoms with E-state index >= 15 is 0 Å². The molecule has 0 atom stereocenters. The minimum absolute atomic E-state index is 0.173. The fourth-order valence-corrected chi connectivity index (χ4v) is 4.84. The molecule has 3 amide bonds. The molecule has 2 saturated heterocycles. The summed E-state index contributed by atoms with van der Waals surface area (Å²) >= 11 is 0.910. The van der Waals surface area contributed by atoms with Gasteiger partial charge in [0.05, 0.1) is 4.91 Å². The fourth-order valence-electron chi connectivity index (χ4n) is 4.01. The Morgan fingerprint density at radius 2 is 1.80 bits per heavy atom. The van der Waals surface area contributed by atoms with Crippen LogP contribution in [0.3, 0.4) is 0 Å². The van der Waals surface area contributed by atoms with Crippen molar-refractivity contribution in [1.82, 2.24) is 9.80 Å². The maximum absolute atomic E-state index is 12.8. The minimum Gasteiger partial charge on any atom is -0.371 e. The second kappa shape index (κ2) is 10.2. The van der Waals surface area contributed by atoms with Crippen LogP contribution in [0.1, 0.15) is 50.7 Å². The lowest BCUT2D eigenvalue weighted by atomic mass is 10.1. The van der Waals surface area contributed by atoms with Gasteiger partial charge >= 0.3 is 0 Å². The van der Waals surface area contributed by atoms with Gasteiger partial charge in [0.2, 0.25) is 5.91 Å². The van der Waals surface area contributed by atoms with Crippen LogP contribution in [0.4, 0.5) is 10.5 Å². The Bertz CT molecular complexity index is 840. The number of nitrogens with zero attached hydrogens (tertiary/aromatic N) is 3. The second-order valence-corrected chi connectivity index (χ2v) is 8.88. The van der Waals surface area contributed by atoms with Crippen LogP contribution in [-0.2, 0) is 9.59 Å². The van der Waals surface area contributed by atoms with Gasteiger partial charge in [0.25, 0.3) is 11.1 Å². The fraction of sp³-hybridized carbons (Fsp3) is 0.522. The number of carbonyl (C=O) groups is 3. The highest BCUT2D eigenvalue weighted by atomic mass is 32.2. The van der Waals surface area contributed by atoms with Crippen LogP contribution in [0.5, 0.6) is 0 Å². The van der Waals surface area contributed by atoms with Crippen LogP contribution in [0.2, 0.25) is 0 Å². The van der Waals surface area contributed by atoms with E-state index in [0.717, 1.165) is 53.7 Å². The first-order chi connectivity index (χ1) is 14.4. The van der Waals surface area contributed by atoms with Crippen molar-refractivity contribution >= 4 is 40.6 Å². The molecular formula is C23H31N3O3S. The Morgan fingerprint density at radius 1 is 1.13 bits per heavy atom. The summed E-state index contributed by atoms with van der Waals surface area (Å²) in [4.78, 5) is 43.3. The van der Waals surface area contributed by atoms with Crippen molar-refractivity contribution in [3.8, 4) is 0 Å². The molecule has 0 N–H and O–H groups in total. The van der Waals surface area contributed by atoms with E-state index in [1.165, 1.54) is 18.5 Å². The van der Waals surface area contributed by atoms with Crippen molar-refractivity contribution in [3.05, 3.63) is 34.2 Å². The van der Waals surface area contributed by atoms with Crippen LogP contribution in [0, 0.1) is 6.92 Å². The Morgan fingerprint density at radius 3 is 2.40 bits per heavy atom. The van der Waals surface area contributed by atoms with Crippen LogP contribution >= 0.6 is 11.8 Å². The molecule has 1 aromatic rings. The number of imide groups is 1. The van der Waals surface area contributed by atoms with E-state index in [1.54, 1.807) is 11.0 Å². The standard InChI is InChI=1S/C23H31N3O3S/c1-4-10-25(11-5-2)21(27)16-26-22(28)20(30-23(26)29)15-18-8-9-19(17(3)14-18)24-12-6-7-13-24/h8-9,14-15H,4-7,10-13,16H2,1-3H3/b20-15-. The first-order valence-corrected chi connectivity index (χ1v) is 11.6. The molecule has 0 aliphatic carbocycles. The zero-order valence-corrected chi connectivity index (χ0v) is 19.0. The van der Waals surface area contributed by atoms with Crippen LogP contribution in [0.25, 0.3) is 6.08 Å². The van der Waals surface area contributed by atoms with Crippen molar-refractivity contribution in [2.75, 3.05) is 37.6 Å².